The number of aryl methyl sites for hydroxylation is 1. The van der Waals surface area contributed by atoms with Crippen molar-refractivity contribution in [3.05, 3.63) is 52.2 Å². The molecule has 0 N–H and O–H groups in total. The van der Waals surface area contributed by atoms with E-state index in [1.54, 1.807) is 11.0 Å². The first-order valence-electron chi connectivity index (χ1n) is 10.8. The number of likely N-dealkylation sites (tertiary alicyclic amines) is 1. The van der Waals surface area contributed by atoms with Gasteiger partial charge < -0.3 is 14.2 Å². The molecule has 168 valence electrons. The summed E-state index contributed by atoms with van der Waals surface area (Å²) in [6.07, 6.45) is 3.69. The Morgan fingerprint density at radius 2 is 1.81 bits per heavy atom. The number of carbonyl (C=O) groups excluding carboxylic acids is 3. The highest BCUT2D eigenvalue weighted by atomic mass is 32.2. The Bertz CT molecular complexity index is 1080. The van der Waals surface area contributed by atoms with Crippen LogP contribution in [0.25, 0.3) is 11.8 Å². The van der Waals surface area contributed by atoms with Crippen LogP contribution in [0.5, 0.6) is 5.75 Å². The van der Waals surface area contributed by atoms with Gasteiger partial charge in [0.15, 0.2) is 0 Å². The zero-order valence-electron chi connectivity index (χ0n) is 18.6. The molecule has 0 atom stereocenters. The maximum atomic E-state index is 12.9. The summed E-state index contributed by atoms with van der Waals surface area (Å²) in [5, 5.41) is -0.394. The fourth-order valence-electron chi connectivity index (χ4n) is 4.17. The number of nitrogens with zero attached hydrogens (tertiary/aromatic N) is 3. The van der Waals surface area contributed by atoms with Gasteiger partial charge in [-0.3, -0.25) is 19.3 Å². The maximum absolute atomic E-state index is 12.9. The first-order chi connectivity index (χ1) is 15.4. The second-order valence-electron chi connectivity index (χ2n) is 7.94. The molecule has 0 saturated carbocycles. The summed E-state index contributed by atoms with van der Waals surface area (Å²) in [4.78, 5) is 40.8. The molecule has 2 aliphatic heterocycles. The first-order valence-corrected chi connectivity index (χ1v) is 11.7. The molecule has 2 aliphatic rings. The minimum Gasteiger partial charge on any atom is -0.494 e. The van der Waals surface area contributed by atoms with Gasteiger partial charge in [0.1, 0.15) is 12.3 Å². The van der Waals surface area contributed by atoms with Crippen molar-refractivity contribution in [1.29, 1.82) is 0 Å². The fourth-order valence-corrected chi connectivity index (χ4v) is 5.00. The SMILES string of the molecule is CCOc1ccc(-n2c(C)cc(/C=C3\SC(=O)N(CC(=O)N4CCCC4)C3=O)c2C)cc1. The highest BCUT2D eigenvalue weighted by molar-refractivity contribution is 8.18. The molecule has 3 heterocycles. The molecule has 0 aliphatic carbocycles. The summed E-state index contributed by atoms with van der Waals surface area (Å²) in [6, 6.07) is 9.84. The smallest absolute Gasteiger partial charge is 0.294 e. The van der Waals surface area contributed by atoms with E-state index in [0.29, 0.717) is 24.6 Å². The fraction of sp³-hybridized carbons (Fsp3) is 0.375. The minimum atomic E-state index is -0.404. The number of hydrogen-bond acceptors (Lipinski definition) is 5. The summed E-state index contributed by atoms with van der Waals surface area (Å²) in [7, 11) is 0. The summed E-state index contributed by atoms with van der Waals surface area (Å²) in [5.74, 6) is 0.245. The van der Waals surface area contributed by atoms with Crippen molar-refractivity contribution in [3.8, 4) is 11.4 Å². The van der Waals surface area contributed by atoms with Gasteiger partial charge >= 0.3 is 0 Å². The van der Waals surface area contributed by atoms with Crippen molar-refractivity contribution >= 4 is 34.9 Å². The van der Waals surface area contributed by atoms with Crippen molar-refractivity contribution in [2.75, 3.05) is 26.2 Å². The molecule has 0 radical (unpaired) electrons. The lowest BCUT2D eigenvalue weighted by Crippen LogP contribution is -2.40. The number of benzene rings is 1. The highest BCUT2D eigenvalue weighted by Gasteiger charge is 2.37. The van der Waals surface area contributed by atoms with Gasteiger partial charge in [-0.2, -0.15) is 0 Å². The van der Waals surface area contributed by atoms with Crippen molar-refractivity contribution in [3.63, 3.8) is 0 Å². The number of aromatic nitrogens is 1. The van der Waals surface area contributed by atoms with Gasteiger partial charge in [-0.15, -0.1) is 0 Å². The van der Waals surface area contributed by atoms with Crippen LogP contribution in [0.3, 0.4) is 0 Å². The normalized spacial score (nSPS) is 17.7. The molecule has 1 aromatic heterocycles. The van der Waals surface area contributed by atoms with Crippen molar-refractivity contribution < 1.29 is 19.1 Å². The average molecular weight is 454 g/mol. The van der Waals surface area contributed by atoms with Crippen molar-refractivity contribution in [2.45, 2.75) is 33.6 Å². The Kier molecular flexibility index (Phi) is 6.41. The molecule has 2 fully saturated rings. The van der Waals surface area contributed by atoms with Gasteiger partial charge in [-0.05, 0) is 87.3 Å². The van der Waals surface area contributed by atoms with Gasteiger partial charge in [-0.25, -0.2) is 0 Å². The van der Waals surface area contributed by atoms with E-state index >= 15 is 0 Å². The average Bonchev–Trinajstić information content (AvgIpc) is 3.46. The molecule has 0 unspecified atom stereocenters. The van der Waals surface area contributed by atoms with E-state index in [1.807, 2.05) is 51.1 Å². The monoisotopic (exact) mass is 453 g/mol. The van der Waals surface area contributed by atoms with Crippen LogP contribution in [0, 0.1) is 13.8 Å². The van der Waals surface area contributed by atoms with Crippen LogP contribution in [0.1, 0.15) is 36.7 Å². The largest absolute Gasteiger partial charge is 0.494 e. The van der Waals surface area contributed by atoms with E-state index in [2.05, 4.69) is 4.57 Å². The van der Waals surface area contributed by atoms with Gasteiger partial charge in [0, 0.05) is 30.2 Å². The number of amides is 3. The molecule has 3 amide bonds. The lowest BCUT2D eigenvalue weighted by molar-refractivity contribution is -0.135. The zero-order valence-corrected chi connectivity index (χ0v) is 19.4. The third-order valence-electron chi connectivity index (χ3n) is 5.79. The highest BCUT2D eigenvalue weighted by Crippen LogP contribution is 2.34. The third-order valence-corrected chi connectivity index (χ3v) is 6.70. The predicted octanol–water partition coefficient (Wildman–Crippen LogP) is 4.15. The van der Waals surface area contributed by atoms with Crippen LogP contribution in [0.15, 0.2) is 35.2 Å². The lowest BCUT2D eigenvalue weighted by atomic mass is 10.2. The van der Waals surface area contributed by atoms with Crippen LogP contribution < -0.4 is 4.74 Å². The van der Waals surface area contributed by atoms with Gasteiger partial charge in [-0.1, -0.05) is 0 Å². The van der Waals surface area contributed by atoms with E-state index in [0.717, 1.165) is 57.9 Å². The van der Waals surface area contributed by atoms with Gasteiger partial charge in [0.2, 0.25) is 5.91 Å². The summed E-state index contributed by atoms with van der Waals surface area (Å²) in [6.45, 7) is 7.75. The van der Waals surface area contributed by atoms with E-state index in [-0.39, 0.29) is 12.5 Å². The van der Waals surface area contributed by atoms with Crippen LogP contribution in [-0.4, -0.2) is 57.7 Å². The Balaban J connectivity index is 1.55. The van der Waals surface area contributed by atoms with Gasteiger partial charge in [0.05, 0.1) is 11.5 Å². The zero-order chi connectivity index (χ0) is 22.8. The van der Waals surface area contributed by atoms with Gasteiger partial charge in [0.25, 0.3) is 11.1 Å². The molecule has 2 saturated heterocycles. The Morgan fingerprint density at radius 1 is 1.12 bits per heavy atom. The number of rotatable bonds is 6. The van der Waals surface area contributed by atoms with Crippen LogP contribution in [0.4, 0.5) is 4.79 Å². The number of hydrogen-bond donors (Lipinski definition) is 0. The molecule has 4 rings (SSSR count). The molecule has 32 heavy (non-hydrogen) atoms. The topological polar surface area (TPSA) is 71.8 Å². The maximum Gasteiger partial charge on any atom is 0.294 e. The van der Waals surface area contributed by atoms with Crippen LogP contribution >= 0.6 is 11.8 Å². The Hall–Kier alpha value is -3.00. The predicted molar refractivity (Wildman–Crippen MR) is 125 cm³/mol. The second kappa shape index (κ2) is 9.24. The quantitative estimate of drug-likeness (QED) is 0.615. The molecular weight excluding hydrogens is 426 g/mol. The third kappa shape index (κ3) is 4.32. The van der Waals surface area contributed by atoms with Crippen LogP contribution in [-0.2, 0) is 9.59 Å². The summed E-state index contributed by atoms with van der Waals surface area (Å²) >= 11 is 0.890. The molecule has 0 bridgehead atoms. The van der Waals surface area contributed by atoms with Crippen molar-refractivity contribution in [1.82, 2.24) is 14.4 Å². The van der Waals surface area contributed by atoms with Crippen LogP contribution in [0.2, 0.25) is 0 Å². The number of ether oxygens (including phenoxy) is 1. The molecule has 0 spiro atoms. The molecule has 8 heteroatoms. The molecule has 1 aromatic carbocycles. The Labute approximate surface area is 192 Å². The van der Waals surface area contributed by atoms with E-state index in [1.165, 1.54) is 0 Å². The lowest BCUT2D eigenvalue weighted by Gasteiger charge is -2.18. The number of imide groups is 1. The van der Waals surface area contributed by atoms with Crippen molar-refractivity contribution in [2.24, 2.45) is 0 Å². The minimum absolute atomic E-state index is 0.167. The molecule has 7 nitrogen and oxygen atoms in total. The van der Waals surface area contributed by atoms with E-state index < -0.39 is 11.1 Å². The van der Waals surface area contributed by atoms with E-state index in [9.17, 15) is 14.4 Å². The summed E-state index contributed by atoms with van der Waals surface area (Å²) < 4.78 is 7.62. The second-order valence-corrected chi connectivity index (χ2v) is 8.94. The molecular formula is C24H27N3O4S. The molecule has 2 aromatic rings. The Morgan fingerprint density at radius 3 is 2.47 bits per heavy atom. The van der Waals surface area contributed by atoms with E-state index in [4.69, 9.17) is 4.74 Å². The standard InChI is InChI=1S/C24H27N3O4S/c1-4-31-20-9-7-19(8-10-20)27-16(2)13-18(17(27)3)14-21-23(29)26(24(30)32-21)15-22(28)25-11-5-6-12-25/h7-10,13-14H,4-6,11-12,15H2,1-3H3/b21-14-. The number of carbonyl (C=O) groups is 3. The summed E-state index contributed by atoms with van der Waals surface area (Å²) in [5.41, 5.74) is 3.84. The number of thioether (sulfide) groups is 1. The first kappa shape index (κ1) is 22.2.